The predicted octanol–water partition coefficient (Wildman–Crippen LogP) is 3.44. The van der Waals surface area contributed by atoms with Gasteiger partial charge in [0.15, 0.2) is 0 Å². The lowest BCUT2D eigenvalue weighted by molar-refractivity contribution is -0.139. The summed E-state index contributed by atoms with van der Waals surface area (Å²) in [5.41, 5.74) is 2.64. The van der Waals surface area contributed by atoms with Crippen molar-refractivity contribution in [2.45, 2.75) is 39.7 Å². The van der Waals surface area contributed by atoms with Gasteiger partial charge in [-0.15, -0.1) is 0 Å². The summed E-state index contributed by atoms with van der Waals surface area (Å²) in [4.78, 5) is 22.9. The number of anilines is 1. The summed E-state index contributed by atoms with van der Waals surface area (Å²) < 4.78 is 0.771. The van der Waals surface area contributed by atoms with Crippen LogP contribution in [-0.2, 0) is 4.79 Å². The molecule has 1 aromatic carbocycles. The Labute approximate surface area is 126 Å². The lowest BCUT2D eigenvalue weighted by Crippen LogP contribution is -2.43. The Morgan fingerprint density at radius 2 is 2.00 bits per heavy atom. The fraction of sp³-hybridized carbons (Fsp3) is 0.429. The molecule has 1 rings (SSSR count). The molecule has 110 valence electrons. The van der Waals surface area contributed by atoms with Gasteiger partial charge in [0.05, 0.1) is 5.69 Å². The molecule has 5 nitrogen and oxygen atoms in total. The summed E-state index contributed by atoms with van der Waals surface area (Å²) in [6, 6.07) is 2.45. The maximum atomic E-state index is 11.9. The number of hydrogen-bond donors (Lipinski definition) is 3. The van der Waals surface area contributed by atoms with E-state index in [9.17, 15) is 9.59 Å². The van der Waals surface area contributed by atoms with Gasteiger partial charge < -0.3 is 15.7 Å². The summed E-state index contributed by atoms with van der Waals surface area (Å²) in [6.07, 6.45) is 1.08. The van der Waals surface area contributed by atoms with E-state index in [0.717, 1.165) is 15.6 Å². The van der Waals surface area contributed by atoms with Crippen molar-refractivity contribution >= 4 is 33.6 Å². The van der Waals surface area contributed by atoms with E-state index in [1.54, 1.807) is 0 Å². The second kappa shape index (κ2) is 7.28. The first-order valence-corrected chi connectivity index (χ1v) is 7.21. The smallest absolute Gasteiger partial charge is 0.326 e. The molecule has 0 spiro atoms. The first kappa shape index (κ1) is 16.5. The third kappa shape index (κ3) is 4.52. The molecule has 0 bridgehead atoms. The van der Waals surface area contributed by atoms with Crippen LogP contribution in [0.4, 0.5) is 10.5 Å². The Balaban J connectivity index is 2.78. The zero-order chi connectivity index (χ0) is 15.3. The number of carboxylic acids is 1. The SMILES string of the molecule is CCC[C@H](NC(=O)Nc1c(C)cc(C)cc1Br)C(=O)O. The van der Waals surface area contributed by atoms with Crippen molar-refractivity contribution in [3.8, 4) is 0 Å². The molecule has 0 saturated heterocycles. The number of benzene rings is 1. The Kier molecular flexibility index (Phi) is 6.01. The normalized spacial score (nSPS) is 11.8. The predicted molar refractivity (Wildman–Crippen MR) is 82.1 cm³/mol. The Hall–Kier alpha value is -1.56. The first-order valence-electron chi connectivity index (χ1n) is 6.42. The molecule has 0 heterocycles. The van der Waals surface area contributed by atoms with E-state index >= 15 is 0 Å². The number of nitrogens with one attached hydrogen (secondary N) is 2. The number of carbonyl (C=O) groups is 2. The monoisotopic (exact) mass is 342 g/mol. The highest BCUT2D eigenvalue weighted by Crippen LogP contribution is 2.27. The lowest BCUT2D eigenvalue weighted by Gasteiger charge is -2.16. The first-order chi connectivity index (χ1) is 9.35. The van der Waals surface area contributed by atoms with Crippen molar-refractivity contribution in [2.24, 2.45) is 0 Å². The van der Waals surface area contributed by atoms with Gasteiger partial charge in [-0.25, -0.2) is 9.59 Å². The quantitative estimate of drug-likeness (QED) is 0.766. The van der Waals surface area contributed by atoms with E-state index in [1.807, 2.05) is 32.9 Å². The summed E-state index contributed by atoms with van der Waals surface area (Å²) in [5, 5.41) is 14.2. The van der Waals surface area contributed by atoms with E-state index in [2.05, 4.69) is 26.6 Å². The number of urea groups is 1. The second-order valence-corrected chi connectivity index (χ2v) is 5.57. The van der Waals surface area contributed by atoms with E-state index in [0.29, 0.717) is 18.5 Å². The molecule has 20 heavy (non-hydrogen) atoms. The molecule has 1 aromatic rings. The molecule has 1 atom stereocenters. The van der Waals surface area contributed by atoms with Gasteiger partial charge in [0, 0.05) is 4.47 Å². The minimum absolute atomic E-state index is 0.400. The number of aliphatic carboxylic acids is 1. The number of rotatable bonds is 5. The summed E-state index contributed by atoms with van der Waals surface area (Å²) in [7, 11) is 0. The van der Waals surface area contributed by atoms with Gasteiger partial charge in [-0.3, -0.25) is 0 Å². The van der Waals surface area contributed by atoms with Crippen molar-refractivity contribution in [3.63, 3.8) is 0 Å². The average molecular weight is 343 g/mol. The molecule has 0 aromatic heterocycles. The minimum atomic E-state index is -1.03. The minimum Gasteiger partial charge on any atom is -0.480 e. The van der Waals surface area contributed by atoms with Crippen LogP contribution in [0.3, 0.4) is 0 Å². The highest BCUT2D eigenvalue weighted by atomic mass is 79.9. The fourth-order valence-electron chi connectivity index (χ4n) is 1.93. The van der Waals surface area contributed by atoms with Gasteiger partial charge in [0.2, 0.25) is 0 Å². The largest absolute Gasteiger partial charge is 0.480 e. The van der Waals surface area contributed by atoms with E-state index in [4.69, 9.17) is 5.11 Å². The third-order valence-electron chi connectivity index (χ3n) is 2.85. The van der Waals surface area contributed by atoms with Crippen molar-refractivity contribution in [1.29, 1.82) is 0 Å². The Morgan fingerprint density at radius 1 is 1.35 bits per heavy atom. The molecule has 0 aliphatic rings. The third-order valence-corrected chi connectivity index (χ3v) is 3.48. The van der Waals surface area contributed by atoms with E-state index in [-0.39, 0.29) is 0 Å². The van der Waals surface area contributed by atoms with Gasteiger partial charge in [0.25, 0.3) is 0 Å². The number of carbonyl (C=O) groups excluding carboxylic acids is 1. The Morgan fingerprint density at radius 3 is 2.50 bits per heavy atom. The maximum absolute atomic E-state index is 11.9. The van der Waals surface area contributed by atoms with Crippen LogP contribution in [0.25, 0.3) is 0 Å². The van der Waals surface area contributed by atoms with Crippen molar-refractivity contribution in [2.75, 3.05) is 5.32 Å². The van der Waals surface area contributed by atoms with Crippen LogP contribution in [-0.4, -0.2) is 23.1 Å². The van der Waals surface area contributed by atoms with Gasteiger partial charge in [0.1, 0.15) is 6.04 Å². The maximum Gasteiger partial charge on any atom is 0.326 e. The van der Waals surface area contributed by atoms with Crippen LogP contribution in [0.5, 0.6) is 0 Å². The number of amides is 2. The van der Waals surface area contributed by atoms with Crippen molar-refractivity contribution in [1.82, 2.24) is 5.32 Å². The van der Waals surface area contributed by atoms with Crippen LogP contribution < -0.4 is 10.6 Å². The molecule has 0 unspecified atom stereocenters. The average Bonchev–Trinajstić information content (AvgIpc) is 2.33. The number of carboxylic acid groups (broad SMARTS) is 1. The van der Waals surface area contributed by atoms with Crippen LogP contribution in [0.1, 0.15) is 30.9 Å². The van der Waals surface area contributed by atoms with Crippen LogP contribution in [0.15, 0.2) is 16.6 Å². The molecule has 3 N–H and O–H groups in total. The standard InChI is InChI=1S/C14H19BrN2O3/c1-4-5-11(13(18)19)16-14(20)17-12-9(3)6-8(2)7-10(12)15/h6-7,11H,4-5H2,1-3H3,(H,18,19)(H2,16,17,20)/t11-/m0/s1. The summed E-state index contributed by atoms with van der Waals surface area (Å²) in [5.74, 6) is -1.03. The molecule has 6 heteroatoms. The lowest BCUT2D eigenvalue weighted by atomic mass is 10.1. The molecule has 0 aliphatic carbocycles. The molecule has 0 fully saturated rings. The second-order valence-electron chi connectivity index (χ2n) is 4.72. The molecule has 0 saturated carbocycles. The van der Waals surface area contributed by atoms with Crippen molar-refractivity contribution in [3.05, 3.63) is 27.7 Å². The summed E-state index contributed by atoms with van der Waals surface area (Å²) >= 11 is 3.39. The molecule has 0 aliphatic heterocycles. The number of aryl methyl sites for hydroxylation is 2. The van der Waals surface area contributed by atoms with Crippen molar-refractivity contribution < 1.29 is 14.7 Å². The number of hydrogen-bond acceptors (Lipinski definition) is 2. The summed E-state index contributed by atoms with van der Waals surface area (Å²) in [6.45, 7) is 5.72. The number of halogens is 1. The van der Waals surface area contributed by atoms with Crippen LogP contribution in [0, 0.1) is 13.8 Å². The van der Waals surface area contributed by atoms with Gasteiger partial charge in [-0.1, -0.05) is 19.4 Å². The van der Waals surface area contributed by atoms with Crippen LogP contribution in [0.2, 0.25) is 0 Å². The van der Waals surface area contributed by atoms with Gasteiger partial charge >= 0.3 is 12.0 Å². The molecule has 0 radical (unpaired) electrons. The zero-order valence-electron chi connectivity index (χ0n) is 11.8. The highest BCUT2D eigenvalue weighted by Gasteiger charge is 2.19. The van der Waals surface area contributed by atoms with Crippen LogP contribution >= 0.6 is 15.9 Å². The van der Waals surface area contributed by atoms with E-state index < -0.39 is 18.0 Å². The molecular formula is C14H19BrN2O3. The topological polar surface area (TPSA) is 78.4 Å². The molecule has 2 amide bonds. The zero-order valence-corrected chi connectivity index (χ0v) is 13.4. The molecular weight excluding hydrogens is 324 g/mol. The van der Waals surface area contributed by atoms with Gasteiger partial charge in [-0.05, 0) is 53.4 Å². The Bertz CT molecular complexity index is 494. The van der Waals surface area contributed by atoms with E-state index in [1.165, 1.54) is 0 Å². The fourth-order valence-corrected chi connectivity index (χ4v) is 2.70. The highest BCUT2D eigenvalue weighted by molar-refractivity contribution is 9.10. The van der Waals surface area contributed by atoms with Gasteiger partial charge in [-0.2, -0.15) is 0 Å².